The molecule has 4 aromatic rings. The number of amides is 1. The number of methoxy groups -OCH3 is 1. The Kier molecular flexibility index (Phi) is 6.66. The first-order chi connectivity index (χ1) is 17.4. The summed E-state index contributed by atoms with van der Waals surface area (Å²) in [5, 5.41) is 0.979. The van der Waals surface area contributed by atoms with Crippen molar-refractivity contribution in [1.82, 2.24) is 4.90 Å². The number of allylic oxidation sites excluding steroid dienone is 1. The van der Waals surface area contributed by atoms with Crippen molar-refractivity contribution in [3.05, 3.63) is 84.6 Å². The molecule has 1 saturated heterocycles. The van der Waals surface area contributed by atoms with Crippen LogP contribution in [-0.4, -0.2) is 43.2 Å². The van der Waals surface area contributed by atoms with Gasteiger partial charge in [0.2, 0.25) is 5.91 Å². The lowest BCUT2D eigenvalue weighted by Gasteiger charge is -2.34. The van der Waals surface area contributed by atoms with E-state index in [1.54, 1.807) is 19.4 Å². The van der Waals surface area contributed by atoms with Crippen LogP contribution in [0.4, 0.5) is 0 Å². The molecule has 2 atom stereocenters. The van der Waals surface area contributed by atoms with Gasteiger partial charge in [-0.1, -0.05) is 54.6 Å². The minimum atomic E-state index is -0.0134. The standard InChI is InChI=1S/C31H31NO4/c1-20(14-31(33)32-17-21(2)36-22(3)18-32)26-15-27-28(19-35-30(27)16-29(26)34-4)25-12-10-24(11-13-25)23-8-6-5-7-9-23/h5-16,19,21-22H,17-18H2,1-4H3/b20-14+. The third-order valence-electron chi connectivity index (χ3n) is 6.69. The summed E-state index contributed by atoms with van der Waals surface area (Å²) in [5.74, 6) is 0.661. The van der Waals surface area contributed by atoms with Crippen LogP contribution in [0.3, 0.4) is 0 Å². The highest BCUT2D eigenvalue weighted by molar-refractivity contribution is 6.00. The van der Waals surface area contributed by atoms with Gasteiger partial charge in [-0.2, -0.15) is 0 Å². The highest BCUT2D eigenvalue weighted by atomic mass is 16.5. The zero-order valence-corrected chi connectivity index (χ0v) is 21.2. The van der Waals surface area contributed by atoms with Crippen molar-refractivity contribution in [2.24, 2.45) is 0 Å². The monoisotopic (exact) mass is 481 g/mol. The number of furan rings is 1. The van der Waals surface area contributed by atoms with Crippen LogP contribution in [0.15, 0.2) is 83.5 Å². The second kappa shape index (κ2) is 10.0. The van der Waals surface area contributed by atoms with Gasteiger partial charge in [0, 0.05) is 41.7 Å². The SMILES string of the molecule is COc1cc2occ(-c3ccc(-c4ccccc4)cc3)c2cc1/C(C)=C/C(=O)N1CC(C)OC(C)C1. The summed E-state index contributed by atoms with van der Waals surface area (Å²) >= 11 is 0. The predicted octanol–water partition coefficient (Wildman–Crippen LogP) is 6.81. The van der Waals surface area contributed by atoms with Gasteiger partial charge in [-0.05, 0) is 49.1 Å². The largest absolute Gasteiger partial charge is 0.496 e. The van der Waals surface area contributed by atoms with Crippen LogP contribution in [-0.2, 0) is 9.53 Å². The van der Waals surface area contributed by atoms with Gasteiger partial charge in [-0.15, -0.1) is 0 Å². The lowest BCUT2D eigenvalue weighted by atomic mass is 9.97. The van der Waals surface area contributed by atoms with Gasteiger partial charge < -0.3 is 18.8 Å². The number of carbonyl (C=O) groups is 1. The molecular weight excluding hydrogens is 450 g/mol. The van der Waals surface area contributed by atoms with E-state index < -0.39 is 0 Å². The maximum absolute atomic E-state index is 13.1. The molecule has 5 heteroatoms. The Morgan fingerprint density at radius 1 is 0.944 bits per heavy atom. The van der Waals surface area contributed by atoms with Crippen LogP contribution in [0.25, 0.3) is 38.8 Å². The average Bonchev–Trinajstić information content (AvgIpc) is 3.30. The highest BCUT2D eigenvalue weighted by Gasteiger charge is 2.25. The fraction of sp³-hybridized carbons (Fsp3) is 0.258. The smallest absolute Gasteiger partial charge is 0.247 e. The lowest BCUT2D eigenvalue weighted by Crippen LogP contribution is -2.47. The van der Waals surface area contributed by atoms with Gasteiger partial charge in [0.25, 0.3) is 0 Å². The van der Waals surface area contributed by atoms with Crippen LogP contribution in [0.1, 0.15) is 26.3 Å². The summed E-state index contributed by atoms with van der Waals surface area (Å²) in [7, 11) is 1.64. The third-order valence-corrected chi connectivity index (χ3v) is 6.69. The number of carbonyl (C=O) groups excluding carboxylic acids is 1. The molecule has 3 aromatic carbocycles. The van der Waals surface area contributed by atoms with E-state index in [0.717, 1.165) is 33.2 Å². The van der Waals surface area contributed by atoms with E-state index in [-0.39, 0.29) is 18.1 Å². The Bertz CT molecular complexity index is 1390. The van der Waals surface area contributed by atoms with Crippen molar-refractivity contribution < 1.29 is 18.7 Å². The van der Waals surface area contributed by atoms with E-state index in [1.165, 1.54) is 11.1 Å². The predicted molar refractivity (Wildman–Crippen MR) is 144 cm³/mol. The Hall–Kier alpha value is -3.83. The molecule has 0 bridgehead atoms. The van der Waals surface area contributed by atoms with Gasteiger partial charge in [-0.25, -0.2) is 0 Å². The van der Waals surface area contributed by atoms with Gasteiger partial charge in [-0.3, -0.25) is 4.79 Å². The van der Waals surface area contributed by atoms with Gasteiger partial charge >= 0.3 is 0 Å². The Labute approximate surface area is 211 Å². The Morgan fingerprint density at radius 3 is 2.25 bits per heavy atom. The van der Waals surface area contributed by atoms with E-state index in [0.29, 0.717) is 18.8 Å². The normalized spacial score (nSPS) is 18.4. The molecule has 5 rings (SSSR count). The van der Waals surface area contributed by atoms with E-state index in [1.807, 2.05) is 49.9 Å². The summed E-state index contributed by atoms with van der Waals surface area (Å²) in [4.78, 5) is 14.9. The van der Waals surface area contributed by atoms with Crippen molar-refractivity contribution in [3.8, 4) is 28.0 Å². The molecule has 0 spiro atoms. The van der Waals surface area contributed by atoms with Gasteiger partial charge in [0.1, 0.15) is 11.3 Å². The molecule has 0 N–H and O–H groups in total. The molecule has 5 nitrogen and oxygen atoms in total. The Balaban J connectivity index is 1.48. The molecule has 1 aliphatic heterocycles. The first-order valence-electron chi connectivity index (χ1n) is 12.3. The fourth-order valence-electron chi connectivity index (χ4n) is 4.94. The molecule has 0 aliphatic carbocycles. The van der Waals surface area contributed by atoms with Crippen LogP contribution in [0, 0.1) is 0 Å². The van der Waals surface area contributed by atoms with Gasteiger partial charge in [0.15, 0.2) is 0 Å². The second-order valence-electron chi connectivity index (χ2n) is 9.47. The number of ether oxygens (including phenoxy) is 2. The van der Waals surface area contributed by atoms with Crippen molar-refractivity contribution >= 4 is 22.4 Å². The zero-order chi connectivity index (χ0) is 25.2. The molecule has 1 fully saturated rings. The minimum Gasteiger partial charge on any atom is -0.496 e. The third kappa shape index (κ3) is 4.79. The summed E-state index contributed by atoms with van der Waals surface area (Å²) < 4.78 is 17.4. The summed E-state index contributed by atoms with van der Waals surface area (Å²) in [5.41, 5.74) is 6.88. The molecule has 1 amide bonds. The van der Waals surface area contributed by atoms with Crippen LogP contribution in [0.5, 0.6) is 5.75 Å². The van der Waals surface area contributed by atoms with Crippen molar-refractivity contribution in [2.75, 3.05) is 20.2 Å². The number of benzene rings is 3. The number of hydrogen-bond acceptors (Lipinski definition) is 4. The van der Waals surface area contributed by atoms with Crippen molar-refractivity contribution in [2.45, 2.75) is 33.0 Å². The second-order valence-corrected chi connectivity index (χ2v) is 9.47. The summed E-state index contributed by atoms with van der Waals surface area (Å²) in [6.45, 7) is 7.12. The number of fused-ring (bicyclic) bond motifs is 1. The molecule has 2 heterocycles. The lowest BCUT2D eigenvalue weighted by molar-refractivity contribution is -0.137. The van der Waals surface area contributed by atoms with Crippen molar-refractivity contribution in [1.29, 1.82) is 0 Å². The number of nitrogens with zero attached hydrogens (tertiary/aromatic N) is 1. The molecule has 36 heavy (non-hydrogen) atoms. The Morgan fingerprint density at radius 2 is 1.58 bits per heavy atom. The van der Waals surface area contributed by atoms with Crippen molar-refractivity contribution in [3.63, 3.8) is 0 Å². The first-order valence-corrected chi connectivity index (χ1v) is 12.3. The minimum absolute atomic E-state index is 0.0134. The van der Waals surface area contributed by atoms with E-state index >= 15 is 0 Å². The molecule has 2 unspecified atom stereocenters. The topological polar surface area (TPSA) is 51.9 Å². The first kappa shape index (κ1) is 23.9. The maximum Gasteiger partial charge on any atom is 0.247 e. The zero-order valence-electron chi connectivity index (χ0n) is 21.2. The van der Waals surface area contributed by atoms with E-state index in [9.17, 15) is 4.79 Å². The van der Waals surface area contributed by atoms with E-state index in [2.05, 4.69) is 42.5 Å². The molecule has 1 aliphatic rings. The fourth-order valence-corrected chi connectivity index (χ4v) is 4.94. The van der Waals surface area contributed by atoms with Crippen LogP contribution >= 0.6 is 0 Å². The molecular formula is C31H31NO4. The quantitative estimate of drug-likeness (QED) is 0.294. The number of rotatable bonds is 5. The van der Waals surface area contributed by atoms with Crippen LogP contribution in [0.2, 0.25) is 0 Å². The summed E-state index contributed by atoms with van der Waals surface area (Å²) in [6, 6.07) is 22.8. The molecule has 0 saturated carbocycles. The van der Waals surface area contributed by atoms with Crippen LogP contribution < -0.4 is 4.74 Å². The molecule has 184 valence electrons. The molecule has 1 aromatic heterocycles. The summed E-state index contributed by atoms with van der Waals surface area (Å²) in [6.07, 6.45) is 3.53. The average molecular weight is 482 g/mol. The number of morpholine rings is 1. The van der Waals surface area contributed by atoms with Gasteiger partial charge in [0.05, 0.1) is 25.6 Å². The molecule has 0 radical (unpaired) electrons. The van der Waals surface area contributed by atoms with E-state index in [4.69, 9.17) is 13.9 Å². The number of hydrogen-bond donors (Lipinski definition) is 0. The maximum atomic E-state index is 13.1. The highest BCUT2D eigenvalue weighted by Crippen LogP contribution is 2.38.